The Morgan fingerprint density at radius 3 is 2.48 bits per heavy atom. The second-order valence-electron chi connectivity index (χ2n) is 13.6. The predicted octanol–water partition coefficient (Wildman–Crippen LogP) is 6.52. The molecule has 0 saturated heterocycles. The predicted molar refractivity (Wildman–Crippen MR) is 180 cm³/mol. The van der Waals surface area contributed by atoms with Gasteiger partial charge in [-0.1, -0.05) is 18.1 Å². The van der Waals surface area contributed by atoms with Gasteiger partial charge in [-0.15, -0.1) is 0 Å². The van der Waals surface area contributed by atoms with Crippen molar-refractivity contribution in [2.45, 2.75) is 63.1 Å². The molecule has 2 aliphatic carbocycles. The van der Waals surface area contributed by atoms with Gasteiger partial charge in [-0.25, -0.2) is 22.5 Å². The number of aromatic nitrogens is 5. The molecule has 3 aromatic heterocycles. The summed E-state index contributed by atoms with van der Waals surface area (Å²) in [6.45, 7) is 2.13. The highest BCUT2D eigenvalue weighted by Crippen LogP contribution is 2.68. The molecule has 3 N–H and O–H groups in total. The Labute approximate surface area is 294 Å². The van der Waals surface area contributed by atoms with Crippen molar-refractivity contribution >= 4 is 22.6 Å². The maximum atomic E-state index is 15.3. The third kappa shape index (κ3) is 6.36. The van der Waals surface area contributed by atoms with E-state index in [0.29, 0.717) is 33.2 Å². The summed E-state index contributed by atoms with van der Waals surface area (Å²) in [7, 11) is 3.47. The lowest BCUT2D eigenvalue weighted by molar-refractivity contribution is -0.123. The van der Waals surface area contributed by atoms with Crippen LogP contribution in [0.3, 0.4) is 0 Å². The van der Waals surface area contributed by atoms with Crippen LogP contribution in [0.1, 0.15) is 72.6 Å². The van der Waals surface area contributed by atoms with Gasteiger partial charge in [-0.2, -0.15) is 19.0 Å². The van der Waals surface area contributed by atoms with Crippen molar-refractivity contribution in [2.24, 2.45) is 13.0 Å². The van der Waals surface area contributed by atoms with Crippen molar-refractivity contribution < 1.29 is 36.2 Å². The van der Waals surface area contributed by atoms with Gasteiger partial charge in [-0.05, 0) is 74.4 Å². The molecule has 0 bridgehead atoms. The Bertz CT molecular complexity index is 2280. The second-order valence-corrected chi connectivity index (χ2v) is 13.6. The largest absolute Gasteiger partial charge is 0.378 e. The van der Waals surface area contributed by atoms with E-state index in [1.165, 1.54) is 13.8 Å². The zero-order valence-electron chi connectivity index (χ0n) is 28.4. The summed E-state index contributed by atoms with van der Waals surface area (Å²) in [5.74, 6) is -1.86. The minimum atomic E-state index is -3.45. The first kappa shape index (κ1) is 35.1. The molecule has 15 heteroatoms. The number of aliphatic hydroxyl groups is 1. The van der Waals surface area contributed by atoms with Gasteiger partial charge in [0.2, 0.25) is 5.91 Å². The quantitative estimate of drug-likeness (QED) is 0.118. The number of amides is 1. The molecule has 1 amide bonds. The fourth-order valence-electron chi connectivity index (χ4n) is 7.13. The number of carbonyl (C=O) groups excluding carboxylic acids is 1. The third-order valence-corrected chi connectivity index (χ3v) is 9.30. The van der Waals surface area contributed by atoms with Crippen LogP contribution in [0.2, 0.25) is 0 Å². The molecule has 52 heavy (non-hydrogen) atoms. The van der Waals surface area contributed by atoms with Crippen LogP contribution in [0.5, 0.6) is 0 Å². The maximum Gasteiger partial charge on any atom is 0.293 e. The first-order chi connectivity index (χ1) is 24.5. The summed E-state index contributed by atoms with van der Waals surface area (Å²) >= 11 is 0. The van der Waals surface area contributed by atoms with Crippen LogP contribution in [0, 0.1) is 29.4 Å². The normalized spacial score (nSPS) is 17.8. The summed E-state index contributed by atoms with van der Waals surface area (Å²) in [5, 5.41) is 25.2. The number of pyridine rings is 1. The Morgan fingerprint density at radius 2 is 1.81 bits per heavy atom. The zero-order valence-corrected chi connectivity index (χ0v) is 28.4. The summed E-state index contributed by atoms with van der Waals surface area (Å²) in [4.78, 5) is 18.6. The van der Waals surface area contributed by atoms with Crippen LogP contribution in [0.4, 0.5) is 32.2 Å². The highest BCUT2D eigenvalue weighted by Gasteiger charge is 2.67. The second kappa shape index (κ2) is 12.7. The molecule has 7 rings (SSSR count). The van der Waals surface area contributed by atoms with E-state index in [4.69, 9.17) is 4.98 Å². The van der Waals surface area contributed by atoms with Gasteiger partial charge in [-0.3, -0.25) is 14.2 Å². The number of fused-ring (bicyclic) bond motifs is 4. The lowest BCUT2D eigenvalue weighted by Crippen LogP contribution is -2.35. The van der Waals surface area contributed by atoms with Crippen LogP contribution in [-0.2, 0) is 30.7 Å². The van der Waals surface area contributed by atoms with Crippen molar-refractivity contribution in [3.8, 4) is 23.0 Å². The molecule has 9 nitrogen and oxygen atoms in total. The van der Waals surface area contributed by atoms with E-state index in [1.54, 1.807) is 43.0 Å². The molecule has 0 aliphatic heterocycles. The van der Waals surface area contributed by atoms with Gasteiger partial charge in [0.1, 0.15) is 40.9 Å². The molecular weight excluding hydrogens is 688 g/mol. The Morgan fingerprint density at radius 1 is 1.08 bits per heavy atom. The number of halogens is 6. The first-order valence-electron chi connectivity index (χ1n) is 16.5. The van der Waals surface area contributed by atoms with Gasteiger partial charge >= 0.3 is 0 Å². The average molecular weight is 722 g/mol. The SMILES string of the molecule is CNc1nn(C)c2c(-c3ccc(C#CC(C)(C)O)nc3C(Cc3cc(F)cc(F)c3)NC(=O)Cn3nc(C(F)F)c4c3C(F)(F)C3CC43)cccc12. The molecule has 3 unspecified atom stereocenters. The van der Waals surface area contributed by atoms with Crippen molar-refractivity contribution in [1.29, 1.82) is 0 Å². The van der Waals surface area contributed by atoms with E-state index >= 15 is 8.78 Å². The smallest absolute Gasteiger partial charge is 0.293 e. The molecule has 0 spiro atoms. The molecule has 1 saturated carbocycles. The van der Waals surface area contributed by atoms with E-state index in [1.807, 2.05) is 6.07 Å². The number of carbonyl (C=O) groups is 1. The van der Waals surface area contributed by atoms with Crippen LogP contribution >= 0.6 is 0 Å². The number of alkyl halides is 4. The molecule has 2 aliphatic rings. The van der Waals surface area contributed by atoms with Gasteiger partial charge in [0.05, 0.1) is 17.3 Å². The van der Waals surface area contributed by atoms with Crippen LogP contribution in [0.15, 0.2) is 48.5 Å². The zero-order chi connectivity index (χ0) is 37.3. The fraction of sp³-hybridized carbons (Fsp3) is 0.351. The number of hydrogen-bond donors (Lipinski definition) is 3. The lowest BCUT2D eigenvalue weighted by Gasteiger charge is -2.23. The van der Waals surface area contributed by atoms with Crippen molar-refractivity contribution in [2.75, 3.05) is 12.4 Å². The van der Waals surface area contributed by atoms with Crippen molar-refractivity contribution in [1.82, 2.24) is 29.9 Å². The average Bonchev–Trinajstić information content (AvgIpc) is 3.60. The highest BCUT2D eigenvalue weighted by atomic mass is 19.3. The highest BCUT2D eigenvalue weighted by molar-refractivity contribution is 6.00. The maximum absolute atomic E-state index is 15.3. The number of hydrogen-bond acceptors (Lipinski definition) is 6. The van der Waals surface area contributed by atoms with Gasteiger partial charge in [0.15, 0.2) is 5.82 Å². The lowest BCUT2D eigenvalue weighted by atomic mass is 9.93. The van der Waals surface area contributed by atoms with Crippen molar-refractivity contribution in [3.05, 3.63) is 94.1 Å². The summed E-state index contributed by atoms with van der Waals surface area (Å²) in [6.07, 6.45) is -3.29. The standard InChI is InChI=1S/C37H33F6N7O2/c1-36(2,52)11-10-21-8-9-22(23-6-5-7-24-32(23)49(4)48-35(24)44-3)30(45-21)27(14-18-12-19(38)15-20(39)13-18)46-28(51)17-50-33-29(31(47-50)34(40)41)25-16-26(25)37(33,42)43/h5-9,12-13,15,25-27,34,52H,14,16-17H2,1-4H3,(H,44,48)(H,46,51). The van der Waals surface area contributed by atoms with Crippen LogP contribution in [0.25, 0.3) is 22.0 Å². The molecule has 2 aromatic carbocycles. The summed E-state index contributed by atoms with van der Waals surface area (Å²) in [6, 6.07) is 10.5. The Kier molecular flexibility index (Phi) is 8.56. The number of nitrogens with zero attached hydrogens (tertiary/aromatic N) is 5. The van der Waals surface area contributed by atoms with Gasteiger partial charge < -0.3 is 15.7 Å². The van der Waals surface area contributed by atoms with Gasteiger partial charge in [0.25, 0.3) is 12.3 Å². The minimum Gasteiger partial charge on any atom is -0.378 e. The van der Waals surface area contributed by atoms with Gasteiger partial charge in [0, 0.05) is 48.2 Å². The van der Waals surface area contributed by atoms with E-state index in [-0.39, 0.29) is 35.4 Å². The first-order valence-corrected chi connectivity index (χ1v) is 16.5. The van der Waals surface area contributed by atoms with E-state index in [9.17, 15) is 27.5 Å². The summed E-state index contributed by atoms with van der Waals surface area (Å²) in [5.41, 5.74) is -0.800. The van der Waals surface area contributed by atoms with Crippen molar-refractivity contribution in [3.63, 3.8) is 0 Å². The number of anilines is 1. The number of aryl methyl sites for hydroxylation is 1. The third-order valence-electron chi connectivity index (χ3n) is 9.30. The van der Waals surface area contributed by atoms with Crippen LogP contribution in [-0.4, -0.2) is 48.2 Å². The molecule has 1 fully saturated rings. The van der Waals surface area contributed by atoms with E-state index in [2.05, 4.69) is 32.7 Å². The summed E-state index contributed by atoms with van der Waals surface area (Å²) < 4.78 is 89.8. The topological polar surface area (TPSA) is 110 Å². The molecule has 5 aromatic rings. The number of para-hydroxylation sites is 1. The Balaban J connectivity index is 1.36. The molecule has 270 valence electrons. The number of rotatable bonds is 9. The number of benzene rings is 2. The molecule has 3 heterocycles. The molecule has 3 atom stereocenters. The monoisotopic (exact) mass is 721 g/mol. The van der Waals surface area contributed by atoms with E-state index < -0.39 is 71.3 Å². The Hall–Kier alpha value is -5.36. The van der Waals surface area contributed by atoms with E-state index in [0.717, 1.165) is 17.5 Å². The molecular formula is C37H33F6N7O2. The molecule has 0 radical (unpaired) electrons. The fourth-order valence-corrected chi connectivity index (χ4v) is 7.13. The minimum absolute atomic E-state index is 0.0598. The van der Waals surface area contributed by atoms with Crippen LogP contribution < -0.4 is 10.6 Å². The number of nitrogens with one attached hydrogen (secondary N) is 2.